The van der Waals surface area contributed by atoms with Gasteiger partial charge in [-0.25, -0.2) is 9.20 Å². The van der Waals surface area contributed by atoms with Crippen LogP contribution in [0.25, 0.3) is 27.7 Å². The minimum Gasteiger partial charge on any atom is -0.496 e. The first-order valence-electron chi connectivity index (χ1n) is 8.65. The van der Waals surface area contributed by atoms with Crippen LogP contribution >= 0.6 is 0 Å². The molecular formula is C20H15N5O3. The summed E-state index contributed by atoms with van der Waals surface area (Å²) in [6.45, 7) is 0.243. The summed E-state index contributed by atoms with van der Waals surface area (Å²) >= 11 is 0. The van der Waals surface area contributed by atoms with Gasteiger partial charge < -0.3 is 9.26 Å². The fourth-order valence-corrected chi connectivity index (χ4v) is 3.34. The molecule has 5 aromatic rings. The lowest BCUT2D eigenvalue weighted by molar-refractivity contribution is 0.375. The largest absolute Gasteiger partial charge is 0.496 e. The van der Waals surface area contributed by atoms with Gasteiger partial charge in [0.1, 0.15) is 17.8 Å². The Labute approximate surface area is 158 Å². The van der Waals surface area contributed by atoms with Crippen LogP contribution in [0.15, 0.2) is 70.4 Å². The summed E-state index contributed by atoms with van der Waals surface area (Å²) in [5, 5.41) is 13.9. The van der Waals surface area contributed by atoms with Gasteiger partial charge in [0.15, 0.2) is 11.4 Å². The van der Waals surface area contributed by atoms with Crippen LogP contribution in [0, 0.1) is 0 Å². The van der Waals surface area contributed by atoms with E-state index in [1.54, 1.807) is 19.4 Å². The zero-order chi connectivity index (χ0) is 19.1. The van der Waals surface area contributed by atoms with Crippen LogP contribution in [0.2, 0.25) is 0 Å². The van der Waals surface area contributed by atoms with Crippen LogP contribution in [-0.2, 0) is 6.54 Å². The first-order valence-corrected chi connectivity index (χ1v) is 8.65. The minimum absolute atomic E-state index is 0.243. The fourth-order valence-electron chi connectivity index (χ4n) is 3.34. The smallest absolute Gasteiger partial charge is 0.335 e. The highest BCUT2D eigenvalue weighted by Crippen LogP contribution is 2.36. The number of methoxy groups -OCH3 is 1. The number of ether oxygens (including phenoxy) is 1. The summed E-state index contributed by atoms with van der Waals surface area (Å²) in [5.41, 5.74) is 1.77. The molecule has 138 valence electrons. The molecule has 8 heteroatoms. The fraction of sp³-hybridized carbons (Fsp3) is 0.100. The van der Waals surface area contributed by atoms with Gasteiger partial charge in [-0.15, -0.1) is 10.2 Å². The van der Waals surface area contributed by atoms with E-state index in [1.807, 2.05) is 42.5 Å². The topological polar surface area (TPSA) is 87.5 Å². The molecule has 0 aliphatic rings. The van der Waals surface area contributed by atoms with Crippen molar-refractivity contribution in [3.05, 3.63) is 77.3 Å². The van der Waals surface area contributed by atoms with Gasteiger partial charge in [-0.05, 0) is 22.9 Å². The second-order valence-electron chi connectivity index (χ2n) is 6.33. The van der Waals surface area contributed by atoms with Crippen molar-refractivity contribution < 1.29 is 9.26 Å². The van der Waals surface area contributed by atoms with Crippen molar-refractivity contribution in [2.75, 3.05) is 7.11 Å². The summed E-state index contributed by atoms with van der Waals surface area (Å²) in [6, 6.07) is 15.5. The lowest BCUT2D eigenvalue weighted by Gasteiger charge is -2.09. The summed E-state index contributed by atoms with van der Waals surface area (Å²) in [6.07, 6.45) is 3.05. The molecule has 8 nitrogen and oxygen atoms in total. The SMILES string of the molecule is COc1ccc2ccccc2c1-c1cc(Cn2ccc3nncn3c2=O)on1. The number of benzene rings is 2. The third-order valence-electron chi connectivity index (χ3n) is 4.68. The standard InChI is InChI=1S/C20H15N5O3/c1-27-17-7-6-13-4-2-3-5-15(13)19(17)16-10-14(28-23-16)11-24-9-8-18-22-21-12-25(18)20(24)26/h2-10,12H,11H2,1H3. The van der Waals surface area contributed by atoms with E-state index < -0.39 is 0 Å². The molecule has 28 heavy (non-hydrogen) atoms. The molecule has 0 aliphatic carbocycles. The predicted molar refractivity (Wildman–Crippen MR) is 102 cm³/mol. The molecule has 0 radical (unpaired) electrons. The highest BCUT2D eigenvalue weighted by atomic mass is 16.5. The van der Waals surface area contributed by atoms with E-state index in [0.29, 0.717) is 22.9 Å². The Hall–Kier alpha value is -3.94. The third-order valence-corrected chi connectivity index (χ3v) is 4.68. The molecule has 0 N–H and O–H groups in total. The van der Waals surface area contributed by atoms with Gasteiger partial charge >= 0.3 is 5.69 Å². The van der Waals surface area contributed by atoms with Crippen LogP contribution in [0.5, 0.6) is 5.75 Å². The second kappa shape index (κ2) is 6.34. The molecule has 0 spiro atoms. The van der Waals surface area contributed by atoms with Crippen molar-refractivity contribution in [3.8, 4) is 17.0 Å². The maximum atomic E-state index is 12.5. The first kappa shape index (κ1) is 16.2. The molecule has 0 unspecified atom stereocenters. The van der Waals surface area contributed by atoms with Crippen LogP contribution < -0.4 is 10.4 Å². The van der Waals surface area contributed by atoms with Crippen molar-refractivity contribution in [2.45, 2.75) is 6.54 Å². The van der Waals surface area contributed by atoms with Gasteiger partial charge in [0.05, 0.1) is 19.2 Å². The van der Waals surface area contributed by atoms with Crippen molar-refractivity contribution in [1.82, 2.24) is 24.3 Å². The average Bonchev–Trinajstić information content (AvgIpc) is 3.39. The second-order valence-corrected chi connectivity index (χ2v) is 6.33. The monoisotopic (exact) mass is 373 g/mol. The van der Waals surface area contributed by atoms with Crippen LogP contribution in [0.3, 0.4) is 0 Å². The minimum atomic E-state index is -0.247. The van der Waals surface area contributed by atoms with Gasteiger partial charge in [-0.2, -0.15) is 0 Å². The Morgan fingerprint density at radius 3 is 2.93 bits per heavy atom. The van der Waals surface area contributed by atoms with Crippen LogP contribution in [-0.4, -0.2) is 31.4 Å². The zero-order valence-corrected chi connectivity index (χ0v) is 14.9. The molecular weight excluding hydrogens is 358 g/mol. The van der Waals surface area contributed by atoms with E-state index in [4.69, 9.17) is 9.26 Å². The van der Waals surface area contributed by atoms with Crippen molar-refractivity contribution in [2.24, 2.45) is 0 Å². The Morgan fingerprint density at radius 2 is 2.04 bits per heavy atom. The molecule has 0 atom stereocenters. The molecule has 5 rings (SSSR count). The quantitative estimate of drug-likeness (QED) is 0.481. The third kappa shape index (κ3) is 2.54. The molecule has 0 fully saturated rings. The van der Waals surface area contributed by atoms with Gasteiger partial charge in [0.2, 0.25) is 0 Å². The van der Waals surface area contributed by atoms with E-state index in [1.165, 1.54) is 15.3 Å². The number of hydrogen-bond donors (Lipinski definition) is 0. The Bertz CT molecular complexity index is 1370. The highest BCUT2D eigenvalue weighted by Gasteiger charge is 2.16. The first-order chi connectivity index (χ1) is 13.7. The molecule has 0 saturated carbocycles. The Kier molecular flexibility index (Phi) is 3.68. The molecule has 0 aliphatic heterocycles. The van der Waals surface area contributed by atoms with Crippen LogP contribution in [0.4, 0.5) is 0 Å². The lowest BCUT2D eigenvalue weighted by atomic mass is 10.0. The summed E-state index contributed by atoms with van der Waals surface area (Å²) < 4.78 is 13.9. The van der Waals surface area contributed by atoms with E-state index >= 15 is 0 Å². The predicted octanol–water partition coefficient (Wildman–Crippen LogP) is 2.76. The maximum Gasteiger partial charge on any atom is 0.335 e. The number of hydrogen-bond acceptors (Lipinski definition) is 6. The lowest BCUT2D eigenvalue weighted by Crippen LogP contribution is -2.25. The van der Waals surface area contributed by atoms with Gasteiger partial charge in [0.25, 0.3) is 0 Å². The number of rotatable bonds is 4. The van der Waals surface area contributed by atoms with E-state index in [0.717, 1.165) is 16.3 Å². The molecule has 0 saturated heterocycles. The van der Waals surface area contributed by atoms with Crippen molar-refractivity contribution in [1.29, 1.82) is 0 Å². The molecule has 0 amide bonds. The number of fused-ring (bicyclic) bond motifs is 2. The Balaban J connectivity index is 1.57. The zero-order valence-electron chi connectivity index (χ0n) is 14.9. The van der Waals surface area contributed by atoms with E-state index in [2.05, 4.69) is 15.4 Å². The molecule has 0 bridgehead atoms. The van der Waals surface area contributed by atoms with Gasteiger partial charge in [-0.3, -0.25) is 4.57 Å². The maximum absolute atomic E-state index is 12.5. The van der Waals surface area contributed by atoms with E-state index in [-0.39, 0.29) is 12.2 Å². The average molecular weight is 373 g/mol. The molecule has 3 heterocycles. The number of aromatic nitrogens is 5. The number of nitrogens with zero attached hydrogens (tertiary/aromatic N) is 5. The summed E-state index contributed by atoms with van der Waals surface area (Å²) in [7, 11) is 1.63. The summed E-state index contributed by atoms with van der Waals surface area (Å²) in [4.78, 5) is 12.5. The van der Waals surface area contributed by atoms with Gasteiger partial charge in [-0.1, -0.05) is 35.5 Å². The van der Waals surface area contributed by atoms with E-state index in [9.17, 15) is 4.79 Å². The molecule has 2 aromatic carbocycles. The Morgan fingerprint density at radius 1 is 1.14 bits per heavy atom. The van der Waals surface area contributed by atoms with Crippen LogP contribution in [0.1, 0.15) is 5.76 Å². The highest BCUT2D eigenvalue weighted by molar-refractivity contribution is 5.98. The molecule has 3 aromatic heterocycles. The normalized spacial score (nSPS) is 11.3. The summed E-state index contributed by atoms with van der Waals surface area (Å²) in [5.74, 6) is 1.26. The van der Waals surface area contributed by atoms with Gasteiger partial charge in [0, 0.05) is 12.3 Å². The van der Waals surface area contributed by atoms with Crippen molar-refractivity contribution >= 4 is 16.4 Å². The van der Waals surface area contributed by atoms with Crippen molar-refractivity contribution in [3.63, 3.8) is 0 Å².